The van der Waals surface area contributed by atoms with Gasteiger partial charge in [-0.2, -0.15) is 0 Å². The zero-order valence-electron chi connectivity index (χ0n) is 16.0. The lowest BCUT2D eigenvalue weighted by Crippen LogP contribution is -2.25. The molecule has 0 saturated heterocycles. The molecule has 3 rings (SSSR count). The number of thiophene rings is 1. The Kier molecular flexibility index (Phi) is 6.64. The van der Waals surface area contributed by atoms with E-state index in [0.717, 1.165) is 16.7 Å². The van der Waals surface area contributed by atoms with Crippen LogP contribution in [-0.4, -0.2) is 20.9 Å². The van der Waals surface area contributed by atoms with Gasteiger partial charge in [-0.05, 0) is 41.6 Å². The Bertz CT molecular complexity index is 1100. The Balaban J connectivity index is 1.70. The maximum atomic E-state index is 12.8. The van der Waals surface area contributed by atoms with Crippen LogP contribution in [0.4, 0.5) is 5.69 Å². The molecule has 150 valence electrons. The molecule has 29 heavy (non-hydrogen) atoms. The summed E-state index contributed by atoms with van der Waals surface area (Å²) in [6.45, 7) is 5.71. The minimum atomic E-state index is -3.41. The lowest BCUT2D eigenvalue weighted by molar-refractivity contribution is 0.103. The van der Waals surface area contributed by atoms with Crippen LogP contribution in [0.5, 0.6) is 0 Å². The number of aryl methyl sites for hydroxylation is 1. The SMILES string of the molecule is C=CCNS(=O)(=O)Cc1ccc(NC(=O)c2sccc2-c2ccc(C)cc2)cc1. The second-order valence-corrected chi connectivity index (χ2v) is 9.30. The number of amides is 1. The Labute approximate surface area is 175 Å². The van der Waals surface area contributed by atoms with Gasteiger partial charge in [-0.15, -0.1) is 17.9 Å². The molecule has 7 heteroatoms. The molecule has 1 aromatic heterocycles. The van der Waals surface area contributed by atoms with Gasteiger partial charge in [0.05, 0.1) is 10.6 Å². The molecule has 0 atom stereocenters. The minimum absolute atomic E-state index is 0.127. The molecule has 0 aliphatic carbocycles. The monoisotopic (exact) mass is 426 g/mol. The highest BCUT2D eigenvalue weighted by atomic mass is 32.2. The summed E-state index contributed by atoms with van der Waals surface area (Å²) in [4.78, 5) is 13.4. The largest absolute Gasteiger partial charge is 0.321 e. The number of hydrogen-bond acceptors (Lipinski definition) is 4. The summed E-state index contributed by atoms with van der Waals surface area (Å²) >= 11 is 1.39. The van der Waals surface area contributed by atoms with Crippen LogP contribution in [0.2, 0.25) is 0 Å². The van der Waals surface area contributed by atoms with Gasteiger partial charge in [-0.3, -0.25) is 4.79 Å². The fraction of sp³-hybridized carbons (Fsp3) is 0.136. The number of nitrogens with one attached hydrogen (secondary N) is 2. The molecule has 0 aliphatic rings. The molecular weight excluding hydrogens is 404 g/mol. The average molecular weight is 427 g/mol. The lowest BCUT2D eigenvalue weighted by atomic mass is 10.0. The van der Waals surface area contributed by atoms with Crippen molar-refractivity contribution in [2.45, 2.75) is 12.7 Å². The first kappa shape index (κ1) is 21.0. The molecule has 0 radical (unpaired) electrons. The number of carbonyl (C=O) groups excluding carboxylic acids is 1. The first-order chi connectivity index (χ1) is 13.9. The number of anilines is 1. The van der Waals surface area contributed by atoms with Crippen LogP contribution < -0.4 is 10.0 Å². The molecule has 0 aliphatic heterocycles. The third kappa shape index (κ3) is 5.63. The van der Waals surface area contributed by atoms with Gasteiger partial charge >= 0.3 is 0 Å². The van der Waals surface area contributed by atoms with Crippen molar-refractivity contribution in [1.82, 2.24) is 4.72 Å². The van der Waals surface area contributed by atoms with Crippen molar-refractivity contribution < 1.29 is 13.2 Å². The van der Waals surface area contributed by atoms with Gasteiger partial charge in [0.2, 0.25) is 10.0 Å². The number of carbonyl (C=O) groups is 1. The van der Waals surface area contributed by atoms with Crippen molar-refractivity contribution in [1.29, 1.82) is 0 Å². The predicted molar refractivity (Wildman–Crippen MR) is 120 cm³/mol. The van der Waals surface area contributed by atoms with E-state index in [1.807, 2.05) is 42.6 Å². The van der Waals surface area contributed by atoms with Crippen molar-refractivity contribution >= 4 is 33.0 Å². The summed E-state index contributed by atoms with van der Waals surface area (Å²) < 4.78 is 26.3. The third-order valence-electron chi connectivity index (χ3n) is 4.25. The topological polar surface area (TPSA) is 75.3 Å². The maximum absolute atomic E-state index is 12.8. The van der Waals surface area contributed by atoms with E-state index in [9.17, 15) is 13.2 Å². The quantitative estimate of drug-likeness (QED) is 0.518. The van der Waals surface area contributed by atoms with E-state index in [0.29, 0.717) is 16.1 Å². The zero-order chi connectivity index (χ0) is 20.9. The first-order valence-electron chi connectivity index (χ1n) is 9.01. The fourth-order valence-electron chi connectivity index (χ4n) is 2.77. The summed E-state index contributed by atoms with van der Waals surface area (Å²) in [6, 6.07) is 16.8. The van der Waals surface area contributed by atoms with Gasteiger partial charge in [0.1, 0.15) is 0 Å². The molecule has 0 unspecified atom stereocenters. The van der Waals surface area contributed by atoms with Crippen LogP contribution in [0, 0.1) is 6.92 Å². The summed E-state index contributed by atoms with van der Waals surface area (Å²) in [5.74, 6) is -0.319. The molecule has 1 amide bonds. The third-order valence-corrected chi connectivity index (χ3v) is 6.48. The Hall–Kier alpha value is -2.74. The maximum Gasteiger partial charge on any atom is 0.266 e. The molecule has 1 heterocycles. The molecule has 3 aromatic rings. The van der Waals surface area contributed by atoms with Crippen molar-refractivity contribution in [3.63, 3.8) is 0 Å². The Morgan fingerprint density at radius 2 is 1.76 bits per heavy atom. The van der Waals surface area contributed by atoms with Crippen molar-refractivity contribution in [2.75, 3.05) is 11.9 Å². The van der Waals surface area contributed by atoms with Gasteiger partial charge in [-0.1, -0.05) is 48.0 Å². The second-order valence-electron chi connectivity index (χ2n) is 6.58. The highest BCUT2D eigenvalue weighted by molar-refractivity contribution is 7.88. The lowest BCUT2D eigenvalue weighted by Gasteiger charge is -2.08. The number of benzene rings is 2. The standard InChI is InChI=1S/C22H22N2O3S2/c1-3-13-23-29(26,27)15-17-6-10-19(11-7-17)24-22(25)21-20(12-14-28-21)18-8-4-16(2)5-9-18/h3-12,14,23H,1,13,15H2,2H3,(H,24,25). The summed E-state index contributed by atoms with van der Waals surface area (Å²) in [5, 5.41) is 4.78. The summed E-state index contributed by atoms with van der Waals surface area (Å²) in [6.07, 6.45) is 1.49. The smallest absolute Gasteiger partial charge is 0.266 e. The molecule has 2 N–H and O–H groups in total. The average Bonchev–Trinajstić information content (AvgIpc) is 3.18. The van der Waals surface area contributed by atoms with Gasteiger partial charge in [0.15, 0.2) is 0 Å². The van der Waals surface area contributed by atoms with Gasteiger partial charge in [0, 0.05) is 17.8 Å². The van der Waals surface area contributed by atoms with Crippen LogP contribution >= 0.6 is 11.3 Å². The van der Waals surface area contributed by atoms with Crippen molar-refractivity contribution in [3.05, 3.63) is 88.6 Å². The van der Waals surface area contributed by atoms with Crippen LogP contribution in [0.1, 0.15) is 20.8 Å². The van der Waals surface area contributed by atoms with Crippen LogP contribution in [0.25, 0.3) is 11.1 Å². The van der Waals surface area contributed by atoms with E-state index in [-0.39, 0.29) is 18.2 Å². The molecule has 0 bridgehead atoms. The van der Waals surface area contributed by atoms with E-state index in [2.05, 4.69) is 16.6 Å². The van der Waals surface area contributed by atoms with Crippen LogP contribution in [0.3, 0.4) is 0 Å². The van der Waals surface area contributed by atoms with Gasteiger partial charge in [0.25, 0.3) is 5.91 Å². The minimum Gasteiger partial charge on any atom is -0.321 e. The van der Waals surface area contributed by atoms with E-state index in [1.54, 1.807) is 24.3 Å². The highest BCUT2D eigenvalue weighted by Gasteiger charge is 2.15. The van der Waals surface area contributed by atoms with E-state index in [1.165, 1.54) is 17.4 Å². The molecular formula is C22H22N2O3S2. The van der Waals surface area contributed by atoms with Crippen molar-refractivity contribution in [2.24, 2.45) is 0 Å². The summed E-state index contributed by atoms with van der Waals surface area (Å²) in [7, 11) is -3.41. The van der Waals surface area contributed by atoms with Crippen molar-refractivity contribution in [3.8, 4) is 11.1 Å². The molecule has 0 spiro atoms. The Morgan fingerprint density at radius 1 is 1.07 bits per heavy atom. The number of rotatable bonds is 8. The molecule has 0 saturated carbocycles. The number of sulfonamides is 1. The first-order valence-corrected chi connectivity index (χ1v) is 11.5. The second kappa shape index (κ2) is 9.17. The van der Waals surface area contributed by atoms with E-state index >= 15 is 0 Å². The zero-order valence-corrected chi connectivity index (χ0v) is 17.6. The van der Waals surface area contributed by atoms with E-state index < -0.39 is 10.0 Å². The normalized spacial score (nSPS) is 11.2. The van der Waals surface area contributed by atoms with Gasteiger partial charge in [-0.25, -0.2) is 13.1 Å². The fourth-order valence-corrected chi connectivity index (χ4v) is 4.69. The molecule has 5 nitrogen and oxygen atoms in total. The molecule has 0 fully saturated rings. The van der Waals surface area contributed by atoms with Crippen LogP contribution in [0.15, 0.2) is 72.6 Å². The predicted octanol–water partition coefficient (Wildman–Crippen LogP) is 4.58. The van der Waals surface area contributed by atoms with Crippen LogP contribution in [-0.2, 0) is 15.8 Å². The highest BCUT2D eigenvalue weighted by Crippen LogP contribution is 2.29. The van der Waals surface area contributed by atoms with E-state index in [4.69, 9.17) is 0 Å². The summed E-state index contributed by atoms with van der Waals surface area (Å²) in [5.41, 5.74) is 4.30. The molecule has 2 aromatic carbocycles. The Morgan fingerprint density at radius 3 is 2.41 bits per heavy atom. The number of hydrogen-bond donors (Lipinski definition) is 2. The van der Waals surface area contributed by atoms with Gasteiger partial charge < -0.3 is 5.32 Å².